The first kappa shape index (κ1) is 17.0. The summed E-state index contributed by atoms with van der Waals surface area (Å²) in [4.78, 5) is 23.1. The van der Waals surface area contributed by atoms with Crippen LogP contribution in [0.2, 0.25) is 0 Å². The van der Waals surface area contributed by atoms with Gasteiger partial charge in [-0.05, 0) is 42.5 Å². The van der Waals surface area contributed by atoms with Crippen molar-refractivity contribution in [2.24, 2.45) is 0 Å². The molecule has 0 aliphatic carbocycles. The zero-order valence-electron chi connectivity index (χ0n) is 12.2. The fourth-order valence-electron chi connectivity index (χ4n) is 1.78. The van der Waals surface area contributed by atoms with Crippen molar-refractivity contribution in [3.63, 3.8) is 0 Å². The van der Waals surface area contributed by atoms with Gasteiger partial charge in [-0.1, -0.05) is 15.9 Å². The summed E-state index contributed by atoms with van der Waals surface area (Å²) < 4.78 is 18.8. The van der Waals surface area contributed by atoms with E-state index in [0.717, 1.165) is 4.47 Å². The lowest BCUT2D eigenvalue weighted by molar-refractivity contribution is -0.118. The van der Waals surface area contributed by atoms with Crippen molar-refractivity contribution in [1.29, 1.82) is 0 Å². The maximum absolute atomic E-state index is 12.8. The number of ether oxygens (including phenoxy) is 1. The lowest BCUT2D eigenvalue weighted by Crippen LogP contribution is -2.21. The number of hydrogen-bond donors (Lipinski definition) is 2. The van der Waals surface area contributed by atoms with Gasteiger partial charge in [-0.3, -0.25) is 9.59 Å². The summed E-state index contributed by atoms with van der Waals surface area (Å²) in [6.07, 6.45) is 0. The molecule has 0 fully saturated rings. The third-order valence-electron chi connectivity index (χ3n) is 2.75. The molecule has 0 aromatic heterocycles. The molecular weight excluding hydrogens is 367 g/mol. The molecule has 2 amide bonds. The SMILES string of the molecule is CC(=O)Nc1ccc(Br)cc1NC(=O)COc1ccc(F)cc1. The first-order valence-electron chi connectivity index (χ1n) is 6.69. The third kappa shape index (κ3) is 5.37. The van der Waals surface area contributed by atoms with Crippen LogP contribution in [0.5, 0.6) is 5.75 Å². The van der Waals surface area contributed by atoms with Gasteiger partial charge in [0.05, 0.1) is 11.4 Å². The second-order valence-electron chi connectivity index (χ2n) is 4.66. The quantitative estimate of drug-likeness (QED) is 0.832. The summed E-state index contributed by atoms with van der Waals surface area (Å²) in [6.45, 7) is 1.14. The minimum absolute atomic E-state index is 0.238. The monoisotopic (exact) mass is 380 g/mol. The Bertz CT molecular complexity index is 720. The van der Waals surface area contributed by atoms with E-state index < -0.39 is 5.91 Å². The van der Waals surface area contributed by atoms with E-state index in [9.17, 15) is 14.0 Å². The van der Waals surface area contributed by atoms with Gasteiger partial charge in [-0.25, -0.2) is 4.39 Å². The second-order valence-corrected chi connectivity index (χ2v) is 5.58. The molecular formula is C16H14BrFN2O3. The number of nitrogens with one attached hydrogen (secondary N) is 2. The molecule has 0 saturated heterocycles. The highest BCUT2D eigenvalue weighted by Crippen LogP contribution is 2.26. The minimum Gasteiger partial charge on any atom is -0.484 e. The molecule has 2 aromatic carbocycles. The highest BCUT2D eigenvalue weighted by atomic mass is 79.9. The number of rotatable bonds is 5. The van der Waals surface area contributed by atoms with Crippen LogP contribution < -0.4 is 15.4 Å². The van der Waals surface area contributed by atoms with Crippen LogP contribution >= 0.6 is 15.9 Å². The van der Waals surface area contributed by atoms with Gasteiger partial charge < -0.3 is 15.4 Å². The number of carbonyl (C=O) groups is 2. The molecule has 7 heteroatoms. The predicted molar refractivity (Wildman–Crippen MR) is 89.0 cm³/mol. The Morgan fingerprint density at radius 1 is 1.09 bits per heavy atom. The fourth-order valence-corrected chi connectivity index (χ4v) is 2.15. The molecule has 0 unspecified atom stereocenters. The molecule has 0 atom stereocenters. The molecule has 0 bridgehead atoms. The van der Waals surface area contributed by atoms with Crippen LogP contribution in [-0.4, -0.2) is 18.4 Å². The van der Waals surface area contributed by atoms with E-state index >= 15 is 0 Å². The zero-order valence-corrected chi connectivity index (χ0v) is 13.8. The van der Waals surface area contributed by atoms with E-state index in [4.69, 9.17) is 4.74 Å². The maximum atomic E-state index is 12.8. The summed E-state index contributed by atoms with van der Waals surface area (Å²) in [5.41, 5.74) is 0.929. The van der Waals surface area contributed by atoms with Gasteiger partial charge in [-0.2, -0.15) is 0 Å². The molecule has 2 rings (SSSR count). The Morgan fingerprint density at radius 2 is 1.78 bits per heavy atom. The molecule has 0 spiro atoms. The van der Waals surface area contributed by atoms with Crippen molar-refractivity contribution in [1.82, 2.24) is 0 Å². The second kappa shape index (κ2) is 7.73. The smallest absolute Gasteiger partial charge is 0.262 e. The van der Waals surface area contributed by atoms with E-state index in [2.05, 4.69) is 26.6 Å². The largest absolute Gasteiger partial charge is 0.484 e. The van der Waals surface area contributed by atoms with Crippen molar-refractivity contribution < 1.29 is 18.7 Å². The Hall–Kier alpha value is -2.41. The van der Waals surface area contributed by atoms with E-state index in [1.165, 1.54) is 31.2 Å². The van der Waals surface area contributed by atoms with Crippen LogP contribution in [0.4, 0.5) is 15.8 Å². The topological polar surface area (TPSA) is 67.4 Å². The summed E-state index contributed by atoms with van der Waals surface area (Å²) in [5, 5.41) is 5.28. The summed E-state index contributed by atoms with van der Waals surface area (Å²) in [5.74, 6) is -0.641. The number of halogens is 2. The van der Waals surface area contributed by atoms with Crippen LogP contribution in [0.25, 0.3) is 0 Å². The number of amides is 2. The van der Waals surface area contributed by atoms with Crippen molar-refractivity contribution >= 4 is 39.1 Å². The Balaban J connectivity index is 2.00. The van der Waals surface area contributed by atoms with Crippen molar-refractivity contribution in [3.8, 4) is 5.75 Å². The van der Waals surface area contributed by atoms with Gasteiger partial charge in [0.25, 0.3) is 5.91 Å². The standard InChI is InChI=1S/C16H14BrFN2O3/c1-10(21)19-14-7-2-11(17)8-15(14)20-16(22)9-23-13-5-3-12(18)4-6-13/h2-8H,9H2,1H3,(H,19,21)(H,20,22). The van der Waals surface area contributed by atoms with Crippen molar-refractivity contribution in [2.75, 3.05) is 17.2 Å². The van der Waals surface area contributed by atoms with E-state index in [1.54, 1.807) is 18.2 Å². The van der Waals surface area contributed by atoms with Crippen molar-refractivity contribution in [2.45, 2.75) is 6.92 Å². The van der Waals surface area contributed by atoms with Crippen LogP contribution in [0.15, 0.2) is 46.9 Å². The lowest BCUT2D eigenvalue weighted by Gasteiger charge is -2.12. The maximum Gasteiger partial charge on any atom is 0.262 e. The normalized spacial score (nSPS) is 10.0. The van der Waals surface area contributed by atoms with Gasteiger partial charge in [0, 0.05) is 11.4 Å². The molecule has 2 N–H and O–H groups in total. The predicted octanol–water partition coefficient (Wildman–Crippen LogP) is 3.56. The fraction of sp³-hybridized carbons (Fsp3) is 0.125. The average Bonchev–Trinajstić information content (AvgIpc) is 2.49. The third-order valence-corrected chi connectivity index (χ3v) is 3.24. The summed E-state index contributed by atoms with van der Waals surface area (Å²) in [6, 6.07) is 10.4. The minimum atomic E-state index is -0.404. The first-order valence-corrected chi connectivity index (χ1v) is 7.48. The molecule has 5 nitrogen and oxygen atoms in total. The van der Waals surface area contributed by atoms with Crippen molar-refractivity contribution in [3.05, 3.63) is 52.8 Å². The number of benzene rings is 2. The lowest BCUT2D eigenvalue weighted by atomic mass is 10.2. The van der Waals surface area contributed by atoms with Gasteiger partial charge in [0.15, 0.2) is 6.61 Å². The molecule has 2 aromatic rings. The molecule has 0 aliphatic rings. The van der Waals surface area contributed by atoms with Crippen LogP contribution in [0.1, 0.15) is 6.92 Å². The molecule has 120 valence electrons. The zero-order chi connectivity index (χ0) is 16.8. The van der Waals surface area contributed by atoms with Gasteiger partial charge >= 0.3 is 0 Å². The molecule has 0 aliphatic heterocycles. The molecule has 23 heavy (non-hydrogen) atoms. The first-order chi connectivity index (χ1) is 10.9. The highest BCUT2D eigenvalue weighted by Gasteiger charge is 2.09. The number of carbonyl (C=O) groups excluding carboxylic acids is 2. The van der Waals surface area contributed by atoms with Crippen LogP contribution in [0, 0.1) is 5.82 Å². The van der Waals surface area contributed by atoms with E-state index in [1.807, 2.05) is 0 Å². The summed E-state index contributed by atoms with van der Waals surface area (Å²) in [7, 11) is 0. The average molecular weight is 381 g/mol. The summed E-state index contributed by atoms with van der Waals surface area (Å²) >= 11 is 3.30. The Labute approximate surface area is 141 Å². The molecule has 0 heterocycles. The Morgan fingerprint density at radius 3 is 2.43 bits per heavy atom. The van der Waals surface area contributed by atoms with E-state index in [-0.39, 0.29) is 18.3 Å². The Kier molecular flexibility index (Phi) is 5.70. The van der Waals surface area contributed by atoms with Crippen LogP contribution in [0.3, 0.4) is 0 Å². The van der Waals surface area contributed by atoms with Gasteiger partial charge in [-0.15, -0.1) is 0 Å². The van der Waals surface area contributed by atoms with Crippen LogP contribution in [-0.2, 0) is 9.59 Å². The molecule has 0 saturated carbocycles. The van der Waals surface area contributed by atoms with E-state index in [0.29, 0.717) is 17.1 Å². The molecule has 0 radical (unpaired) electrons. The van der Waals surface area contributed by atoms with Gasteiger partial charge in [0.1, 0.15) is 11.6 Å². The van der Waals surface area contributed by atoms with Gasteiger partial charge in [0.2, 0.25) is 5.91 Å². The number of anilines is 2. The number of hydrogen-bond acceptors (Lipinski definition) is 3. The highest BCUT2D eigenvalue weighted by molar-refractivity contribution is 9.10.